The van der Waals surface area contributed by atoms with Crippen LogP contribution in [0.3, 0.4) is 0 Å². The molecular formula is C8H7BrINO. The van der Waals surface area contributed by atoms with Crippen molar-refractivity contribution in [1.82, 2.24) is 4.98 Å². The molecule has 1 aliphatic rings. The van der Waals surface area contributed by atoms with Gasteiger partial charge in [-0.25, -0.2) is 4.98 Å². The van der Waals surface area contributed by atoms with E-state index in [1.807, 2.05) is 6.07 Å². The highest BCUT2D eigenvalue weighted by molar-refractivity contribution is 14.1. The van der Waals surface area contributed by atoms with E-state index in [4.69, 9.17) is 4.74 Å². The van der Waals surface area contributed by atoms with E-state index in [1.165, 1.54) is 12.8 Å². The molecule has 0 aromatic carbocycles. The van der Waals surface area contributed by atoms with Crippen molar-refractivity contribution in [1.29, 1.82) is 0 Å². The molecule has 12 heavy (non-hydrogen) atoms. The van der Waals surface area contributed by atoms with Crippen molar-refractivity contribution in [3.05, 3.63) is 20.4 Å². The van der Waals surface area contributed by atoms with Crippen LogP contribution in [0, 0.1) is 3.57 Å². The molecule has 0 N–H and O–H groups in total. The van der Waals surface area contributed by atoms with E-state index in [2.05, 4.69) is 43.5 Å². The quantitative estimate of drug-likeness (QED) is 0.610. The van der Waals surface area contributed by atoms with Crippen LogP contribution in [0.15, 0.2) is 16.9 Å². The number of nitrogens with zero attached hydrogens (tertiary/aromatic N) is 1. The molecule has 0 radical (unpaired) electrons. The highest BCUT2D eigenvalue weighted by Crippen LogP contribution is 2.34. The zero-order chi connectivity index (χ0) is 8.55. The third kappa shape index (κ3) is 1.90. The molecule has 0 aliphatic heterocycles. The van der Waals surface area contributed by atoms with E-state index in [1.54, 1.807) is 6.20 Å². The summed E-state index contributed by atoms with van der Waals surface area (Å²) in [7, 11) is 0. The third-order valence-electron chi connectivity index (χ3n) is 1.62. The first-order valence-corrected chi connectivity index (χ1v) is 5.61. The average molecular weight is 340 g/mol. The molecule has 1 aromatic rings. The maximum absolute atomic E-state index is 5.67. The highest BCUT2D eigenvalue weighted by Gasteiger charge is 2.25. The van der Waals surface area contributed by atoms with E-state index in [0.29, 0.717) is 6.10 Å². The van der Waals surface area contributed by atoms with Gasteiger partial charge in [0.25, 0.3) is 0 Å². The molecule has 1 saturated carbocycles. The minimum Gasteiger partial charge on any atom is -0.486 e. The van der Waals surface area contributed by atoms with Gasteiger partial charge in [0.15, 0.2) is 5.75 Å². The third-order valence-corrected chi connectivity index (χ3v) is 3.04. The van der Waals surface area contributed by atoms with E-state index < -0.39 is 0 Å². The van der Waals surface area contributed by atoms with Crippen LogP contribution in [0.5, 0.6) is 5.75 Å². The molecule has 64 valence electrons. The molecule has 1 fully saturated rings. The lowest BCUT2D eigenvalue weighted by atomic mass is 10.5. The maximum Gasteiger partial charge on any atom is 0.165 e. The fraction of sp³-hybridized carbons (Fsp3) is 0.375. The van der Waals surface area contributed by atoms with Gasteiger partial charge in [-0.15, -0.1) is 0 Å². The number of halogens is 2. The lowest BCUT2D eigenvalue weighted by Crippen LogP contribution is -1.99. The van der Waals surface area contributed by atoms with Crippen LogP contribution < -0.4 is 4.74 Å². The van der Waals surface area contributed by atoms with Crippen molar-refractivity contribution in [2.75, 3.05) is 0 Å². The smallest absolute Gasteiger partial charge is 0.165 e. The van der Waals surface area contributed by atoms with Gasteiger partial charge in [-0.1, -0.05) is 0 Å². The van der Waals surface area contributed by atoms with Crippen LogP contribution in [-0.2, 0) is 0 Å². The van der Waals surface area contributed by atoms with Gasteiger partial charge < -0.3 is 4.74 Å². The Morgan fingerprint density at radius 1 is 1.58 bits per heavy atom. The Hall–Kier alpha value is 0.160. The fourth-order valence-corrected chi connectivity index (χ4v) is 2.20. The standard InChI is InChI=1S/C8H7BrINO/c9-8-7(12-5-1-2-5)6(10)3-4-11-8/h3-5H,1-2H2. The summed E-state index contributed by atoms with van der Waals surface area (Å²) in [5.41, 5.74) is 0. The minimum atomic E-state index is 0.430. The van der Waals surface area contributed by atoms with Crippen molar-refractivity contribution in [2.45, 2.75) is 18.9 Å². The molecule has 0 unspecified atom stereocenters. The van der Waals surface area contributed by atoms with Crippen LogP contribution in [0.4, 0.5) is 0 Å². The number of hydrogen-bond acceptors (Lipinski definition) is 2. The largest absolute Gasteiger partial charge is 0.486 e. The molecular weight excluding hydrogens is 333 g/mol. The molecule has 2 nitrogen and oxygen atoms in total. The van der Waals surface area contributed by atoms with Crippen LogP contribution >= 0.6 is 38.5 Å². The zero-order valence-corrected chi connectivity index (χ0v) is 10.0. The Labute approximate surface area is 93.0 Å². The van der Waals surface area contributed by atoms with Gasteiger partial charge >= 0.3 is 0 Å². The van der Waals surface area contributed by atoms with E-state index in [-0.39, 0.29) is 0 Å². The molecule has 1 aromatic heterocycles. The Balaban J connectivity index is 2.26. The van der Waals surface area contributed by atoms with Gasteiger partial charge in [-0.05, 0) is 57.4 Å². The monoisotopic (exact) mass is 339 g/mol. The van der Waals surface area contributed by atoms with Gasteiger partial charge in [0.2, 0.25) is 0 Å². The predicted molar refractivity (Wildman–Crippen MR) is 58.3 cm³/mol. The lowest BCUT2D eigenvalue weighted by molar-refractivity contribution is 0.297. The minimum absolute atomic E-state index is 0.430. The summed E-state index contributed by atoms with van der Waals surface area (Å²) >= 11 is 5.61. The molecule has 4 heteroatoms. The Bertz CT molecular complexity index is 281. The van der Waals surface area contributed by atoms with Crippen molar-refractivity contribution < 1.29 is 4.74 Å². The first kappa shape index (κ1) is 8.74. The Morgan fingerprint density at radius 2 is 2.33 bits per heavy atom. The van der Waals surface area contributed by atoms with Crippen molar-refractivity contribution >= 4 is 38.5 Å². The topological polar surface area (TPSA) is 22.1 Å². The molecule has 0 amide bonds. The number of aromatic nitrogens is 1. The van der Waals surface area contributed by atoms with Gasteiger partial charge in [0.1, 0.15) is 4.60 Å². The number of hydrogen-bond donors (Lipinski definition) is 0. The van der Waals surface area contributed by atoms with Crippen molar-refractivity contribution in [3.63, 3.8) is 0 Å². The second-order valence-electron chi connectivity index (χ2n) is 2.73. The number of rotatable bonds is 2. The van der Waals surface area contributed by atoms with E-state index in [0.717, 1.165) is 13.9 Å². The summed E-state index contributed by atoms with van der Waals surface area (Å²) in [6.45, 7) is 0. The SMILES string of the molecule is Brc1nccc(I)c1OC1CC1. The molecule has 1 aliphatic carbocycles. The molecule has 0 atom stereocenters. The van der Waals surface area contributed by atoms with Gasteiger partial charge in [0.05, 0.1) is 9.67 Å². The first-order chi connectivity index (χ1) is 5.77. The maximum atomic E-state index is 5.67. The molecule has 2 rings (SSSR count). The zero-order valence-electron chi connectivity index (χ0n) is 6.26. The highest BCUT2D eigenvalue weighted by atomic mass is 127. The second-order valence-corrected chi connectivity index (χ2v) is 4.64. The van der Waals surface area contributed by atoms with Crippen LogP contribution in [-0.4, -0.2) is 11.1 Å². The van der Waals surface area contributed by atoms with Gasteiger partial charge in [-0.3, -0.25) is 0 Å². The second kappa shape index (κ2) is 3.49. The normalized spacial score (nSPS) is 16.2. The summed E-state index contributed by atoms with van der Waals surface area (Å²) in [5.74, 6) is 0.889. The van der Waals surface area contributed by atoms with Gasteiger partial charge in [0, 0.05) is 6.20 Å². The summed E-state index contributed by atoms with van der Waals surface area (Å²) < 4.78 is 7.59. The molecule has 1 heterocycles. The fourth-order valence-electron chi connectivity index (χ4n) is 0.858. The summed E-state index contributed by atoms with van der Waals surface area (Å²) in [5, 5.41) is 0. The summed E-state index contributed by atoms with van der Waals surface area (Å²) in [4.78, 5) is 4.11. The van der Waals surface area contributed by atoms with Crippen LogP contribution in [0.2, 0.25) is 0 Å². The van der Waals surface area contributed by atoms with Crippen molar-refractivity contribution in [2.24, 2.45) is 0 Å². The van der Waals surface area contributed by atoms with Crippen LogP contribution in [0.1, 0.15) is 12.8 Å². The average Bonchev–Trinajstić information content (AvgIpc) is 2.80. The number of pyridine rings is 1. The Kier molecular flexibility index (Phi) is 2.55. The molecule has 0 bridgehead atoms. The Morgan fingerprint density at radius 3 is 2.92 bits per heavy atom. The number of ether oxygens (including phenoxy) is 1. The van der Waals surface area contributed by atoms with E-state index >= 15 is 0 Å². The lowest BCUT2D eigenvalue weighted by Gasteiger charge is -2.07. The first-order valence-electron chi connectivity index (χ1n) is 3.74. The summed E-state index contributed by atoms with van der Waals surface area (Å²) in [6, 6.07) is 1.95. The van der Waals surface area contributed by atoms with Crippen LogP contribution in [0.25, 0.3) is 0 Å². The van der Waals surface area contributed by atoms with Crippen molar-refractivity contribution in [3.8, 4) is 5.75 Å². The summed E-state index contributed by atoms with van der Waals surface area (Å²) in [6.07, 6.45) is 4.56. The predicted octanol–water partition coefficient (Wildman–Crippen LogP) is 2.99. The molecule has 0 saturated heterocycles. The van der Waals surface area contributed by atoms with Gasteiger partial charge in [-0.2, -0.15) is 0 Å². The molecule has 0 spiro atoms. The van der Waals surface area contributed by atoms with E-state index in [9.17, 15) is 0 Å².